The highest BCUT2D eigenvalue weighted by Gasteiger charge is 2.40. The average molecular weight is 410 g/mol. The molecule has 1 N–H and O–H groups in total. The van der Waals surface area contributed by atoms with Gasteiger partial charge in [0.25, 0.3) is 0 Å². The Balaban J connectivity index is 2.44. The van der Waals surface area contributed by atoms with Crippen LogP contribution < -0.4 is 4.74 Å². The van der Waals surface area contributed by atoms with Crippen LogP contribution >= 0.6 is 0 Å². The number of ether oxygens (including phenoxy) is 1. The number of aliphatic hydroxyl groups is 1. The molecule has 1 aliphatic rings. The van der Waals surface area contributed by atoms with Gasteiger partial charge >= 0.3 is 6.18 Å². The summed E-state index contributed by atoms with van der Waals surface area (Å²) < 4.78 is 44.9. The van der Waals surface area contributed by atoms with E-state index < -0.39 is 35.5 Å². The summed E-state index contributed by atoms with van der Waals surface area (Å²) in [7, 11) is 0. The SMILES string of the molecule is CCCC(Oc1cccc(C(F)(F)F)c1)C1=C(C(C)O)C(C)=C1C(=O)C(=O)CC. The van der Waals surface area contributed by atoms with Crippen molar-refractivity contribution in [1.82, 2.24) is 0 Å². The van der Waals surface area contributed by atoms with E-state index in [-0.39, 0.29) is 17.7 Å². The van der Waals surface area contributed by atoms with Crippen molar-refractivity contribution in [2.24, 2.45) is 0 Å². The first-order valence-electron chi connectivity index (χ1n) is 9.58. The largest absolute Gasteiger partial charge is 0.486 e. The first-order chi connectivity index (χ1) is 13.5. The Morgan fingerprint density at radius 2 is 1.83 bits per heavy atom. The van der Waals surface area contributed by atoms with E-state index in [0.717, 1.165) is 12.1 Å². The molecule has 1 aliphatic carbocycles. The van der Waals surface area contributed by atoms with Crippen molar-refractivity contribution in [3.63, 3.8) is 0 Å². The summed E-state index contributed by atoms with van der Waals surface area (Å²) in [5, 5.41) is 10.1. The van der Waals surface area contributed by atoms with Crippen LogP contribution in [0.3, 0.4) is 0 Å². The van der Waals surface area contributed by atoms with Crippen LogP contribution in [0, 0.1) is 0 Å². The minimum absolute atomic E-state index is 0.00823. The zero-order chi connectivity index (χ0) is 21.9. The summed E-state index contributed by atoms with van der Waals surface area (Å²) in [4.78, 5) is 24.5. The normalized spacial score (nSPS) is 16.4. The lowest BCUT2D eigenvalue weighted by molar-refractivity contribution is -0.137. The second-order valence-electron chi connectivity index (χ2n) is 7.03. The molecule has 0 saturated carbocycles. The predicted octanol–water partition coefficient (Wildman–Crippen LogP) is 4.81. The molecule has 158 valence electrons. The fourth-order valence-corrected chi connectivity index (χ4v) is 3.51. The van der Waals surface area contributed by atoms with Crippen LogP contribution in [0.4, 0.5) is 13.2 Å². The van der Waals surface area contributed by atoms with Gasteiger partial charge in [-0.2, -0.15) is 13.2 Å². The maximum atomic E-state index is 13.0. The second-order valence-corrected chi connectivity index (χ2v) is 7.03. The summed E-state index contributed by atoms with van der Waals surface area (Å²) in [6.07, 6.45) is -5.08. The van der Waals surface area contributed by atoms with Gasteiger partial charge in [-0.25, -0.2) is 0 Å². The Hall–Kier alpha value is -2.41. The molecule has 29 heavy (non-hydrogen) atoms. The molecule has 0 saturated heterocycles. The predicted molar refractivity (Wildman–Crippen MR) is 102 cm³/mol. The topological polar surface area (TPSA) is 63.6 Å². The van der Waals surface area contributed by atoms with Crippen molar-refractivity contribution in [2.75, 3.05) is 0 Å². The van der Waals surface area contributed by atoms with Gasteiger partial charge in [0.1, 0.15) is 11.9 Å². The number of rotatable bonds is 9. The van der Waals surface area contributed by atoms with Gasteiger partial charge in [-0.15, -0.1) is 0 Å². The first-order valence-corrected chi connectivity index (χ1v) is 9.58. The van der Waals surface area contributed by atoms with E-state index in [1.54, 1.807) is 13.8 Å². The van der Waals surface area contributed by atoms with Gasteiger partial charge in [0.05, 0.1) is 11.7 Å². The highest BCUT2D eigenvalue weighted by atomic mass is 19.4. The maximum Gasteiger partial charge on any atom is 0.416 e. The highest BCUT2D eigenvalue weighted by Crippen LogP contribution is 2.42. The van der Waals surface area contributed by atoms with E-state index >= 15 is 0 Å². The lowest BCUT2D eigenvalue weighted by atomic mass is 9.73. The van der Waals surface area contributed by atoms with E-state index in [0.29, 0.717) is 29.6 Å². The fraction of sp³-hybridized carbons (Fsp3) is 0.455. The van der Waals surface area contributed by atoms with Gasteiger partial charge in [0, 0.05) is 17.6 Å². The quantitative estimate of drug-likeness (QED) is 0.594. The van der Waals surface area contributed by atoms with Crippen molar-refractivity contribution in [3.05, 3.63) is 52.1 Å². The van der Waals surface area contributed by atoms with Gasteiger partial charge in [-0.05, 0) is 49.6 Å². The molecule has 0 radical (unpaired) electrons. The molecule has 1 aromatic carbocycles. The highest BCUT2D eigenvalue weighted by molar-refractivity contribution is 6.45. The molecule has 0 amide bonds. The summed E-state index contributed by atoms with van der Waals surface area (Å²) in [6.45, 7) is 6.64. The second kappa shape index (κ2) is 8.95. The summed E-state index contributed by atoms with van der Waals surface area (Å²) in [6, 6.07) is 4.51. The van der Waals surface area contributed by atoms with Crippen LogP contribution in [-0.2, 0) is 15.8 Å². The molecule has 0 aromatic heterocycles. The summed E-state index contributed by atoms with van der Waals surface area (Å²) >= 11 is 0. The number of carbonyl (C=O) groups is 2. The fourth-order valence-electron chi connectivity index (χ4n) is 3.51. The van der Waals surface area contributed by atoms with E-state index in [9.17, 15) is 27.9 Å². The molecule has 0 bridgehead atoms. The summed E-state index contributed by atoms with van der Waals surface area (Å²) in [5.41, 5.74) is 0.799. The minimum Gasteiger partial charge on any atom is -0.486 e. The number of Topliss-reactive ketones (excluding diaryl/α,β-unsaturated/α-hetero) is 2. The van der Waals surface area contributed by atoms with Crippen molar-refractivity contribution in [2.45, 2.75) is 65.3 Å². The van der Waals surface area contributed by atoms with Crippen molar-refractivity contribution in [3.8, 4) is 5.75 Å². The molecule has 2 rings (SSSR count). The molecule has 0 aliphatic heterocycles. The summed E-state index contributed by atoms with van der Waals surface area (Å²) in [5.74, 6) is -1.21. The van der Waals surface area contributed by atoms with Crippen LogP contribution in [0.2, 0.25) is 0 Å². The van der Waals surface area contributed by atoms with Gasteiger partial charge in [0.15, 0.2) is 0 Å². The lowest BCUT2D eigenvalue weighted by Gasteiger charge is -2.35. The zero-order valence-electron chi connectivity index (χ0n) is 16.9. The average Bonchev–Trinajstić information content (AvgIpc) is 2.64. The van der Waals surface area contributed by atoms with Gasteiger partial charge in [-0.1, -0.05) is 26.3 Å². The Morgan fingerprint density at radius 3 is 2.34 bits per heavy atom. The number of hydrogen-bond donors (Lipinski definition) is 1. The Morgan fingerprint density at radius 1 is 1.17 bits per heavy atom. The Bertz CT molecular complexity index is 863. The van der Waals surface area contributed by atoms with Gasteiger partial charge < -0.3 is 9.84 Å². The molecule has 0 fully saturated rings. The number of benzene rings is 1. The third kappa shape index (κ3) is 4.78. The van der Waals surface area contributed by atoms with Crippen LogP contribution in [0.5, 0.6) is 5.75 Å². The van der Waals surface area contributed by atoms with Crippen LogP contribution in [0.25, 0.3) is 0 Å². The third-order valence-corrected chi connectivity index (χ3v) is 4.87. The van der Waals surface area contributed by atoms with Crippen molar-refractivity contribution >= 4 is 11.6 Å². The first kappa shape index (κ1) is 22.9. The van der Waals surface area contributed by atoms with Crippen LogP contribution in [0.15, 0.2) is 46.6 Å². The van der Waals surface area contributed by atoms with E-state index in [2.05, 4.69) is 0 Å². The van der Waals surface area contributed by atoms with Gasteiger partial charge in [-0.3, -0.25) is 9.59 Å². The standard InChI is InChI=1S/C22H25F3O4/c1-5-8-17(29-15-10-7-9-14(11-15)22(23,24)25)20-18(13(4)26)12(3)19(20)21(28)16(27)6-2/h7,9-11,13,17,26H,5-6,8H2,1-4H3. The smallest absolute Gasteiger partial charge is 0.416 e. The lowest BCUT2D eigenvalue weighted by Crippen LogP contribution is -2.35. The van der Waals surface area contributed by atoms with E-state index in [1.807, 2.05) is 6.92 Å². The monoisotopic (exact) mass is 410 g/mol. The number of alkyl halides is 3. The van der Waals surface area contributed by atoms with Crippen molar-refractivity contribution in [1.29, 1.82) is 0 Å². The minimum atomic E-state index is -4.51. The van der Waals surface area contributed by atoms with Gasteiger partial charge in [0.2, 0.25) is 11.6 Å². The molecular weight excluding hydrogens is 385 g/mol. The van der Waals surface area contributed by atoms with E-state index in [1.165, 1.54) is 19.1 Å². The zero-order valence-corrected chi connectivity index (χ0v) is 16.9. The number of carbonyl (C=O) groups excluding carboxylic acids is 2. The number of ketones is 2. The molecule has 2 unspecified atom stereocenters. The molecule has 1 aromatic rings. The number of hydrogen-bond acceptors (Lipinski definition) is 4. The maximum absolute atomic E-state index is 13.0. The third-order valence-electron chi connectivity index (χ3n) is 4.87. The molecule has 7 heteroatoms. The molecule has 2 atom stereocenters. The molecule has 4 nitrogen and oxygen atoms in total. The number of aliphatic hydroxyl groups excluding tert-OH is 1. The molecule has 0 spiro atoms. The molecular formula is C22H25F3O4. The van der Waals surface area contributed by atoms with Crippen molar-refractivity contribution < 1.29 is 32.6 Å². The van der Waals surface area contributed by atoms with Crippen LogP contribution in [-0.4, -0.2) is 28.9 Å². The van der Waals surface area contributed by atoms with Crippen LogP contribution in [0.1, 0.15) is 52.5 Å². The van der Waals surface area contributed by atoms with E-state index in [4.69, 9.17) is 4.74 Å². The Labute approximate surface area is 168 Å². The Kier molecular flexibility index (Phi) is 7.06. The molecule has 0 heterocycles. The number of halogens is 3.